The van der Waals surface area contributed by atoms with Crippen LogP contribution in [0.15, 0.2) is 42.5 Å². The zero-order valence-corrected chi connectivity index (χ0v) is 18.5. The van der Waals surface area contributed by atoms with Crippen LogP contribution in [0.1, 0.15) is 15.9 Å². The predicted octanol–water partition coefficient (Wildman–Crippen LogP) is 3.80. The van der Waals surface area contributed by atoms with Crippen molar-refractivity contribution < 1.29 is 36.7 Å². The van der Waals surface area contributed by atoms with Gasteiger partial charge in [0, 0.05) is 34.9 Å². The van der Waals surface area contributed by atoms with Crippen molar-refractivity contribution in [3.63, 3.8) is 0 Å². The number of rotatable bonds is 6. The van der Waals surface area contributed by atoms with Gasteiger partial charge in [-0.3, -0.25) is 14.5 Å². The molecule has 0 unspecified atom stereocenters. The minimum absolute atomic E-state index is 0.0763. The topological polar surface area (TPSA) is 79.0 Å². The average molecular weight is 502 g/mol. The number of nitrogens with one attached hydrogen (secondary N) is 1. The second-order valence-electron chi connectivity index (χ2n) is 7.35. The summed E-state index contributed by atoms with van der Waals surface area (Å²) < 4.78 is 56.9. The van der Waals surface area contributed by atoms with Gasteiger partial charge in [0.1, 0.15) is 5.82 Å². The van der Waals surface area contributed by atoms with Gasteiger partial charge in [-0.25, -0.2) is 9.18 Å². The van der Waals surface area contributed by atoms with Crippen molar-refractivity contribution >= 4 is 35.0 Å². The summed E-state index contributed by atoms with van der Waals surface area (Å²) in [6, 6.07) is 9.37. The third kappa shape index (κ3) is 6.45. The molecular formula is C22H20ClF4N3O4. The van der Waals surface area contributed by atoms with Crippen LogP contribution >= 0.6 is 11.6 Å². The normalized spacial score (nSPS) is 14.0. The Bertz CT molecular complexity index is 1060. The molecule has 1 N–H and O–H groups in total. The lowest BCUT2D eigenvalue weighted by molar-refractivity contribution is -0.173. The zero-order valence-electron chi connectivity index (χ0n) is 17.7. The van der Waals surface area contributed by atoms with Crippen molar-refractivity contribution in [1.29, 1.82) is 0 Å². The van der Waals surface area contributed by atoms with Crippen LogP contribution in [-0.2, 0) is 16.1 Å². The van der Waals surface area contributed by atoms with Gasteiger partial charge in [0.25, 0.3) is 0 Å². The molecule has 34 heavy (non-hydrogen) atoms. The van der Waals surface area contributed by atoms with E-state index in [2.05, 4.69) is 0 Å². The quantitative estimate of drug-likeness (QED) is 0.482. The number of carbonyl (C=O) groups excluding carboxylic acids is 3. The van der Waals surface area contributed by atoms with E-state index in [1.54, 1.807) is 29.2 Å². The Labute approximate surface area is 197 Å². The van der Waals surface area contributed by atoms with Crippen LogP contribution in [0.4, 0.5) is 28.0 Å². The summed E-state index contributed by atoms with van der Waals surface area (Å²) in [6.45, 7) is 0.351. The lowest BCUT2D eigenvalue weighted by Gasteiger charge is -2.33. The molecule has 12 heteroatoms. The van der Waals surface area contributed by atoms with Crippen LogP contribution in [-0.4, -0.2) is 61.6 Å². The summed E-state index contributed by atoms with van der Waals surface area (Å²) >= 11 is 5.94. The highest BCUT2D eigenvalue weighted by Crippen LogP contribution is 2.24. The van der Waals surface area contributed by atoms with Gasteiger partial charge in [-0.1, -0.05) is 23.7 Å². The molecule has 1 fully saturated rings. The molecule has 3 rings (SSSR count). The first-order valence-corrected chi connectivity index (χ1v) is 10.5. The molecule has 2 aromatic carbocycles. The SMILES string of the molecule is O=C(CNC(=O)C(F)(F)F)c1ccc(CN(C(=O)N2CCOCC2)c2ccc(Cl)cc2)c(F)c1. The number of halogens is 5. The Morgan fingerprint density at radius 2 is 1.71 bits per heavy atom. The minimum Gasteiger partial charge on any atom is -0.378 e. The van der Waals surface area contributed by atoms with E-state index in [0.717, 1.165) is 6.07 Å². The number of urea groups is 1. The Hall–Kier alpha value is -3.18. The van der Waals surface area contributed by atoms with Gasteiger partial charge in [-0.05, 0) is 30.3 Å². The maximum Gasteiger partial charge on any atom is 0.471 e. The fourth-order valence-corrected chi connectivity index (χ4v) is 3.32. The summed E-state index contributed by atoms with van der Waals surface area (Å²) in [4.78, 5) is 39.0. The summed E-state index contributed by atoms with van der Waals surface area (Å²) in [6.07, 6.45) is -5.13. The predicted molar refractivity (Wildman–Crippen MR) is 115 cm³/mol. The molecule has 1 heterocycles. The highest BCUT2D eigenvalue weighted by molar-refractivity contribution is 6.30. The lowest BCUT2D eigenvalue weighted by Crippen LogP contribution is -2.48. The van der Waals surface area contributed by atoms with Gasteiger partial charge in [0.05, 0.1) is 26.3 Å². The van der Waals surface area contributed by atoms with Crippen LogP contribution in [0.5, 0.6) is 0 Å². The van der Waals surface area contributed by atoms with Crippen LogP contribution in [0.3, 0.4) is 0 Å². The summed E-state index contributed by atoms with van der Waals surface area (Å²) in [5.41, 5.74) is 0.323. The molecule has 0 aliphatic carbocycles. The smallest absolute Gasteiger partial charge is 0.378 e. The molecule has 7 nitrogen and oxygen atoms in total. The fraction of sp³-hybridized carbons (Fsp3) is 0.318. The molecule has 0 atom stereocenters. The lowest BCUT2D eigenvalue weighted by atomic mass is 10.1. The van der Waals surface area contributed by atoms with Gasteiger partial charge < -0.3 is 15.0 Å². The van der Waals surface area contributed by atoms with E-state index in [0.29, 0.717) is 37.0 Å². The molecular weight excluding hydrogens is 482 g/mol. The number of amides is 3. The molecule has 0 aromatic heterocycles. The summed E-state index contributed by atoms with van der Waals surface area (Å²) in [5, 5.41) is 1.90. The van der Waals surface area contributed by atoms with Gasteiger partial charge in [0.15, 0.2) is 5.78 Å². The van der Waals surface area contributed by atoms with E-state index in [-0.39, 0.29) is 23.7 Å². The van der Waals surface area contributed by atoms with E-state index in [1.165, 1.54) is 22.3 Å². The Balaban J connectivity index is 1.78. The minimum atomic E-state index is -5.13. The number of benzene rings is 2. The second-order valence-corrected chi connectivity index (χ2v) is 7.79. The number of carbonyl (C=O) groups is 3. The van der Waals surface area contributed by atoms with Crippen molar-refractivity contribution in [2.45, 2.75) is 12.7 Å². The van der Waals surface area contributed by atoms with E-state index in [9.17, 15) is 31.9 Å². The summed E-state index contributed by atoms with van der Waals surface area (Å²) in [7, 11) is 0. The van der Waals surface area contributed by atoms with Gasteiger partial charge >= 0.3 is 18.1 Å². The van der Waals surface area contributed by atoms with E-state index < -0.39 is 30.2 Å². The summed E-state index contributed by atoms with van der Waals surface area (Å²) in [5.74, 6) is -4.00. The Morgan fingerprint density at radius 3 is 2.29 bits per heavy atom. The highest BCUT2D eigenvalue weighted by atomic mass is 35.5. The molecule has 182 valence electrons. The van der Waals surface area contributed by atoms with E-state index in [4.69, 9.17) is 16.3 Å². The van der Waals surface area contributed by atoms with Gasteiger partial charge in [-0.15, -0.1) is 0 Å². The molecule has 1 aliphatic heterocycles. The molecule has 3 amide bonds. The molecule has 1 aliphatic rings. The van der Waals surface area contributed by atoms with Crippen molar-refractivity contribution in [1.82, 2.24) is 10.2 Å². The van der Waals surface area contributed by atoms with Crippen molar-refractivity contribution in [2.24, 2.45) is 0 Å². The maximum absolute atomic E-state index is 14.8. The largest absolute Gasteiger partial charge is 0.471 e. The van der Waals surface area contributed by atoms with Gasteiger partial charge in [-0.2, -0.15) is 13.2 Å². The van der Waals surface area contributed by atoms with E-state index in [1.807, 2.05) is 0 Å². The first-order valence-electron chi connectivity index (χ1n) is 10.1. The molecule has 0 bridgehead atoms. The third-order valence-electron chi connectivity index (χ3n) is 5.02. The Kier molecular flexibility index (Phi) is 8.11. The number of ether oxygens (including phenoxy) is 1. The number of ketones is 1. The number of Topliss-reactive ketones (excluding diaryl/α,β-unsaturated/α-hetero) is 1. The first kappa shape index (κ1) is 25.4. The van der Waals surface area contributed by atoms with Gasteiger partial charge in [0.2, 0.25) is 0 Å². The number of hydrogen-bond donors (Lipinski definition) is 1. The number of alkyl halides is 3. The number of morpholine rings is 1. The van der Waals surface area contributed by atoms with Crippen LogP contribution < -0.4 is 10.2 Å². The van der Waals surface area contributed by atoms with Crippen LogP contribution in [0, 0.1) is 5.82 Å². The third-order valence-corrected chi connectivity index (χ3v) is 5.27. The Morgan fingerprint density at radius 1 is 1.06 bits per heavy atom. The first-order chi connectivity index (χ1) is 16.1. The number of nitrogens with zero attached hydrogens (tertiary/aromatic N) is 2. The molecule has 0 radical (unpaired) electrons. The maximum atomic E-state index is 14.8. The number of anilines is 1. The van der Waals surface area contributed by atoms with Crippen LogP contribution in [0.25, 0.3) is 0 Å². The standard InChI is InChI=1S/C22H20ClF4N3O4/c23-16-3-5-17(6-4-16)30(21(33)29-7-9-34-10-8-29)13-15-2-1-14(11-18(15)24)19(31)12-28-20(32)22(25,26)27/h1-6,11H,7-10,12-13H2,(H,28,32). The molecule has 0 spiro atoms. The van der Waals surface area contributed by atoms with Crippen molar-refractivity contribution in [2.75, 3.05) is 37.7 Å². The average Bonchev–Trinajstić information content (AvgIpc) is 2.81. The highest BCUT2D eigenvalue weighted by Gasteiger charge is 2.38. The van der Waals surface area contributed by atoms with E-state index >= 15 is 0 Å². The van der Waals surface area contributed by atoms with Crippen molar-refractivity contribution in [3.05, 3.63) is 64.4 Å². The van der Waals surface area contributed by atoms with Crippen LogP contribution in [0.2, 0.25) is 5.02 Å². The fourth-order valence-electron chi connectivity index (χ4n) is 3.20. The number of hydrogen-bond acceptors (Lipinski definition) is 4. The van der Waals surface area contributed by atoms with Crippen molar-refractivity contribution in [3.8, 4) is 0 Å². The molecule has 0 saturated carbocycles. The monoisotopic (exact) mass is 501 g/mol. The zero-order chi connectivity index (χ0) is 24.9. The molecule has 1 saturated heterocycles. The second kappa shape index (κ2) is 10.8. The molecule has 2 aromatic rings.